The van der Waals surface area contributed by atoms with E-state index < -0.39 is 6.09 Å². The first-order valence-corrected chi connectivity index (χ1v) is 11.6. The number of carbonyl (C=O) groups is 1. The number of hydrogen-bond acceptors (Lipinski definition) is 3. The Morgan fingerprint density at radius 3 is 2.58 bits per heavy atom. The zero-order chi connectivity index (χ0) is 23.9. The Morgan fingerprint density at radius 1 is 1.21 bits per heavy atom. The van der Waals surface area contributed by atoms with E-state index in [1.54, 1.807) is 12.0 Å². The molecule has 5 nitrogen and oxygen atoms in total. The molecule has 33 heavy (non-hydrogen) atoms. The van der Waals surface area contributed by atoms with Crippen molar-refractivity contribution in [2.24, 2.45) is 5.41 Å². The van der Waals surface area contributed by atoms with Gasteiger partial charge in [0.05, 0.1) is 12.8 Å². The predicted octanol–water partition coefficient (Wildman–Crippen LogP) is 6.13. The number of methoxy groups -OCH3 is 1. The number of amides is 1. The number of benzene rings is 1. The number of piperidine rings is 1. The minimum atomic E-state index is -0.845. The molecule has 2 aromatic rings. The summed E-state index contributed by atoms with van der Waals surface area (Å²) >= 11 is 0. The summed E-state index contributed by atoms with van der Waals surface area (Å²) in [6, 6.07) is 6.43. The van der Waals surface area contributed by atoms with Crippen LogP contribution in [0.3, 0.4) is 0 Å². The molecule has 0 radical (unpaired) electrons. The fourth-order valence-electron chi connectivity index (χ4n) is 5.34. The van der Waals surface area contributed by atoms with Crippen LogP contribution < -0.4 is 4.74 Å². The van der Waals surface area contributed by atoms with Crippen molar-refractivity contribution in [1.82, 2.24) is 9.88 Å². The van der Waals surface area contributed by atoms with Gasteiger partial charge in [-0.05, 0) is 72.4 Å². The summed E-state index contributed by atoms with van der Waals surface area (Å²) in [4.78, 5) is 18.6. The highest BCUT2D eigenvalue weighted by Crippen LogP contribution is 2.45. The van der Waals surface area contributed by atoms with E-state index in [2.05, 4.69) is 52.5 Å². The number of nitrogens with zero attached hydrogens (tertiary/aromatic N) is 2. The van der Waals surface area contributed by atoms with Gasteiger partial charge in [-0.2, -0.15) is 0 Å². The second-order valence-electron chi connectivity index (χ2n) is 10.3. The maximum atomic E-state index is 12.0. The third-order valence-electron chi connectivity index (χ3n) is 6.99. The minimum absolute atomic E-state index is 0.106. The molecule has 2 heterocycles. The molecule has 1 aliphatic carbocycles. The van der Waals surface area contributed by atoms with Crippen molar-refractivity contribution in [2.75, 3.05) is 13.7 Å². The van der Waals surface area contributed by atoms with Crippen molar-refractivity contribution in [2.45, 2.75) is 59.4 Å². The fourth-order valence-corrected chi connectivity index (χ4v) is 5.34. The Morgan fingerprint density at radius 2 is 1.94 bits per heavy atom. The van der Waals surface area contributed by atoms with Crippen LogP contribution in [-0.2, 0) is 12.8 Å². The Bertz CT molecular complexity index is 1140. The lowest BCUT2D eigenvalue weighted by molar-refractivity contribution is 0.0723. The lowest BCUT2D eigenvalue weighted by atomic mass is 9.76. The molecule has 1 fully saturated rings. The summed E-state index contributed by atoms with van der Waals surface area (Å²) in [5.74, 6) is 0.864. The SMILES string of the molecule is C=Cc1cnc2c(c1)CCc1cc(C)cc(OC)c1C2=C1CCN(C(=O)O)C(C(C)(C)C)C1. The summed E-state index contributed by atoms with van der Waals surface area (Å²) in [6.07, 6.45) is 6.05. The third-order valence-corrected chi connectivity index (χ3v) is 6.99. The molecular weight excluding hydrogens is 412 g/mol. The summed E-state index contributed by atoms with van der Waals surface area (Å²) in [5.41, 5.74) is 8.98. The van der Waals surface area contributed by atoms with E-state index in [0.717, 1.165) is 41.0 Å². The average Bonchev–Trinajstić information content (AvgIpc) is 2.93. The molecule has 0 bridgehead atoms. The minimum Gasteiger partial charge on any atom is -0.496 e. The predicted molar refractivity (Wildman–Crippen MR) is 133 cm³/mol. The first-order chi connectivity index (χ1) is 15.6. The van der Waals surface area contributed by atoms with Crippen LogP contribution in [0.4, 0.5) is 4.79 Å². The van der Waals surface area contributed by atoms with E-state index >= 15 is 0 Å². The molecule has 0 saturated carbocycles. The number of aromatic nitrogens is 1. The number of carboxylic acid groups (broad SMARTS) is 1. The summed E-state index contributed by atoms with van der Waals surface area (Å²) in [7, 11) is 1.72. The van der Waals surface area contributed by atoms with Gasteiger partial charge in [-0.25, -0.2) is 4.79 Å². The Hall–Kier alpha value is -3.08. The Kier molecular flexibility index (Phi) is 6.08. The monoisotopic (exact) mass is 446 g/mol. The highest BCUT2D eigenvalue weighted by Gasteiger charge is 2.39. The van der Waals surface area contributed by atoms with Gasteiger partial charge >= 0.3 is 6.09 Å². The second kappa shape index (κ2) is 8.69. The van der Waals surface area contributed by atoms with Gasteiger partial charge in [-0.1, -0.05) is 45.1 Å². The molecular formula is C28H34N2O3. The molecule has 1 aromatic heterocycles. The largest absolute Gasteiger partial charge is 0.496 e. The van der Waals surface area contributed by atoms with Crippen LogP contribution in [0.5, 0.6) is 5.75 Å². The number of likely N-dealkylation sites (tertiary alicyclic amines) is 1. The van der Waals surface area contributed by atoms with E-state index in [9.17, 15) is 9.90 Å². The zero-order valence-corrected chi connectivity index (χ0v) is 20.4. The molecule has 1 unspecified atom stereocenters. The maximum Gasteiger partial charge on any atom is 0.407 e. The van der Waals surface area contributed by atoms with Crippen LogP contribution in [0.1, 0.15) is 67.1 Å². The third kappa shape index (κ3) is 4.29. The lowest BCUT2D eigenvalue weighted by Gasteiger charge is -2.43. The standard InChI is InChI=1S/C28H34N2O3/c1-7-18-14-21-9-8-19-12-17(2)13-22(33-6)24(19)25(26(21)29-16-18)20-10-11-30(27(31)32)23(15-20)28(3,4)5/h7,12-14,16,23H,1,8-11,15H2,2-6H3,(H,31,32). The first-order valence-electron chi connectivity index (χ1n) is 11.6. The van der Waals surface area contributed by atoms with Crippen LogP contribution in [-0.4, -0.2) is 40.8 Å². The fraction of sp³-hybridized carbons (Fsp3) is 0.429. The zero-order valence-electron chi connectivity index (χ0n) is 20.4. The highest BCUT2D eigenvalue weighted by molar-refractivity contribution is 5.88. The summed E-state index contributed by atoms with van der Waals surface area (Å²) < 4.78 is 5.90. The topological polar surface area (TPSA) is 62.7 Å². The number of rotatable bonds is 2. The number of fused-ring (bicyclic) bond motifs is 2. The molecule has 1 amide bonds. The molecule has 5 heteroatoms. The average molecular weight is 447 g/mol. The van der Waals surface area contributed by atoms with Crippen LogP contribution in [0.25, 0.3) is 11.6 Å². The molecule has 1 saturated heterocycles. The number of ether oxygens (including phenoxy) is 1. The first kappa shape index (κ1) is 23.1. The van der Waals surface area contributed by atoms with Crippen molar-refractivity contribution in [1.29, 1.82) is 0 Å². The van der Waals surface area contributed by atoms with Gasteiger partial charge in [0, 0.05) is 29.9 Å². The van der Waals surface area contributed by atoms with Crippen molar-refractivity contribution >= 4 is 17.7 Å². The smallest absolute Gasteiger partial charge is 0.407 e. The van der Waals surface area contributed by atoms with Crippen molar-refractivity contribution in [3.05, 3.63) is 70.1 Å². The van der Waals surface area contributed by atoms with Gasteiger partial charge in [0.2, 0.25) is 0 Å². The second-order valence-corrected chi connectivity index (χ2v) is 10.3. The van der Waals surface area contributed by atoms with Gasteiger partial charge in [0.25, 0.3) is 0 Å². The Labute approximate surface area is 196 Å². The normalized spacial score (nSPS) is 20.5. The highest BCUT2D eigenvalue weighted by atomic mass is 16.5. The number of aryl methyl sites for hydroxylation is 3. The van der Waals surface area contributed by atoms with E-state index in [1.165, 1.54) is 22.3 Å². The van der Waals surface area contributed by atoms with E-state index in [-0.39, 0.29) is 11.5 Å². The van der Waals surface area contributed by atoms with E-state index in [1.807, 2.05) is 12.3 Å². The molecule has 1 N–H and O–H groups in total. The van der Waals surface area contributed by atoms with Crippen molar-refractivity contribution < 1.29 is 14.6 Å². The van der Waals surface area contributed by atoms with Crippen molar-refractivity contribution in [3.63, 3.8) is 0 Å². The van der Waals surface area contributed by atoms with Gasteiger partial charge in [-0.15, -0.1) is 0 Å². The van der Waals surface area contributed by atoms with E-state index in [0.29, 0.717) is 19.4 Å². The molecule has 2 aliphatic rings. The quantitative estimate of drug-likeness (QED) is 0.603. The van der Waals surface area contributed by atoms with Gasteiger partial charge in [-0.3, -0.25) is 4.98 Å². The molecule has 174 valence electrons. The summed E-state index contributed by atoms with van der Waals surface area (Å²) in [6.45, 7) is 12.9. The van der Waals surface area contributed by atoms with Crippen LogP contribution >= 0.6 is 0 Å². The lowest BCUT2D eigenvalue weighted by Crippen LogP contribution is -2.50. The van der Waals surface area contributed by atoms with Crippen molar-refractivity contribution in [3.8, 4) is 5.75 Å². The molecule has 1 atom stereocenters. The molecule has 0 spiro atoms. The molecule has 1 aliphatic heterocycles. The Balaban J connectivity index is 1.99. The van der Waals surface area contributed by atoms with Crippen LogP contribution in [0.2, 0.25) is 0 Å². The van der Waals surface area contributed by atoms with Gasteiger partial charge in [0.15, 0.2) is 0 Å². The van der Waals surface area contributed by atoms with E-state index in [4.69, 9.17) is 9.72 Å². The summed E-state index contributed by atoms with van der Waals surface area (Å²) in [5, 5.41) is 9.87. The molecule has 1 aromatic carbocycles. The molecule has 4 rings (SSSR count). The maximum absolute atomic E-state index is 12.0. The number of hydrogen-bond donors (Lipinski definition) is 1. The van der Waals surface area contributed by atoms with Crippen LogP contribution in [0.15, 0.2) is 36.5 Å². The van der Waals surface area contributed by atoms with Gasteiger partial charge in [0.1, 0.15) is 5.75 Å². The number of pyridine rings is 1. The van der Waals surface area contributed by atoms with Crippen LogP contribution in [0, 0.1) is 12.3 Å². The van der Waals surface area contributed by atoms with Gasteiger partial charge < -0.3 is 14.7 Å².